The Labute approximate surface area is 132 Å². The third kappa shape index (κ3) is 8.69. The van der Waals surface area contributed by atoms with E-state index >= 15 is 0 Å². The third-order valence-corrected chi connectivity index (χ3v) is 2.58. The van der Waals surface area contributed by atoms with Crippen molar-refractivity contribution in [1.82, 2.24) is 0 Å². The van der Waals surface area contributed by atoms with Gasteiger partial charge in [0, 0.05) is 0 Å². The number of hydrogen-bond acceptors (Lipinski definition) is 5. The van der Waals surface area contributed by atoms with E-state index in [4.69, 9.17) is 18.9 Å². The van der Waals surface area contributed by atoms with E-state index < -0.39 is 18.3 Å². The van der Waals surface area contributed by atoms with Crippen LogP contribution in [-0.2, 0) is 23.7 Å². The van der Waals surface area contributed by atoms with Crippen molar-refractivity contribution in [3.05, 3.63) is 50.6 Å². The Morgan fingerprint density at radius 2 is 1.32 bits per heavy atom. The lowest BCUT2D eigenvalue weighted by atomic mass is 10.1. The van der Waals surface area contributed by atoms with Gasteiger partial charge in [0.1, 0.15) is 18.3 Å². The van der Waals surface area contributed by atoms with E-state index in [0.717, 1.165) is 0 Å². The number of aldehydes is 1. The fourth-order valence-electron chi connectivity index (χ4n) is 1.68. The van der Waals surface area contributed by atoms with Gasteiger partial charge in [-0.2, -0.15) is 0 Å². The van der Waals surface area contributed by atoms with Crippen molar-refractivity contribution in [2.24, 2.45) is 0 Å². The molecule has 0 aliphatic rings. The van der Waals surface area contributed by atoms with Crippen LogP contribution in [-0.4, -0.2) is 57.6 Å². The van der Waals surface area contributed by atoms with Gasteiger partial charge in [-0.3, -0.25) is 0 Å². The molecule has 0 rings (SSSR count). The Morgan fingerprint density at radius 3 is 1.86 bits per heavy atom. The molecule has 0 aromatic carbocycles. The van der Waals surface area contributed by atoms with E-state index in [1.165, 1.54) is 0 Å². The number of carbonyl (C=O) groups excluding carboxylic acids is 1. The summed E-state index contributed by atoms with van der Waals surface area (Å²) in [6.45, 7) is 15.8. The highest BCUT2D eigenvalue weighted by Crippen LogP contribution is 2.13. The van der Waals surface area contributed by atoms with Gasteiger partial charge in [-0.05, 0) is 0 Å². The Morgan fingerprint density at radius 1 is 0.773 bits per heavy atom. The Balaban J connectivity index is 4.97. The topological polar surface area (TPSA) is 54.0 Å². The minimum Gasteiger partial charge on any atom is -0.375 e. The van der Waals surface area contributed by atoms with Crippen LogP contribution in [0.25, 0.3) is 0 Å². The molecule has 22 heavy (non-hydrogen) atoms. The van der Waals surface area contributed by atoms with E-state index in [1.807, 2.05) is 0 Å². The van der Waals surface area contributed by atoms with Gasteiger partial charge in [-0.15, -0.1) is 26.3 Å². The SMILES string of the molecule is C=CCOC[C@@H](OCC=C)[C@@H](OCC=C)[C@H](C=O)OCC=C. The number of hydrogen-bond donors (Lipinski definition) is 0. The minimum absolute atomic E-state index is 0.235. The van der Waals surface area contributed by atoms with Crippen molar-refractivity contribution in [2.75, 3.05) is 33.0 Å². The molecule has 0 aliphatic heterocycles. The fraction of sp³-hybridized carbons (Fsp3) is 0.471. The second-order valence-corrected chi connectivity index (χ2v) is 4.30. The lowest BCUT2D eigenvalue weighted by Gasteiger charge is -2.30. The molecule has 0 N–H and O–H groups in total. The predicted octanol–water partition coefficient (Wildman–Crippen LogP) is 2.10. The molecule has 5 nitrogen and oxygen atoms in total. The van der Waals surface area contributed by atoms with Crippen LogP contribution in [0, 0.1) is 0 Å². The molecule has 0 heterocycles. The maximum absolute atomic E-state index is 11.3. The maximum Gasteiger partial charge on any atom is 0.151 e. The summed E-state index contributed by atoms with van der Waals surface area (Å²) in [6.07, 6.45) is 5.20. The number of carbonyl (C=O) groups is 1. The summed E-state index contributed by atoms with van der Waals surface area (Å²) in [7, 11) is 0. The van der Waals surface area contributed by atoms with E-state index in [9.17, 15) is 4.79 Å². The molecule has 124 valence electrons. The van der Waals surface area contributed by atoms with Gasteiger partial charge in [0.2, 0.25) is 0 Å². The van der Waals surface area contributed by atoms with Gasteiger partial charge in [0.05, 0.1) is 33.0 Å². The van der Waals surface area contributed by atoms with Crippen LogP contribution >= 0.6 is 0 Å². The van der Waals surface area contributed by atoms with Crippen molar-refractivity contribution in [3.63, 3.8) is 0 Å². The van der Waals surface area contributed by atoms with Crippen LogP contribution in [0.4, 0.5) is 0 Å². The molecule has 5 heteroatoms. The molecule has 0 radical (unpaired) electrons. The summed E-state index contributed by atoms with van der Waals surface area (Å²) in [4.78, 5) is 11.3. The predicted molar refractivity (Wildman–Crippen MR) is 86.9 cm³/mol. The first kappa shape index (κ1) is 20.5. The first-order valence-electron chi connectivity index (χ1n) is 7.06. The van der Waals surface area contributed by atoms with Crippen molar-refractivity contribution < 1.29 is 23.7 Å². The van der Waals surface area contributed by atoms with E-state index in [0.29, 0.717) is 19.5 Å². The molecule has 0 aromatic rings. The van der Waals surface area contributed by atoms with Gasteiger partial charge in [-0.25, -0.2) is 0 Å². The maximum atomic E-state index is 11.3. The molecular formula is C17H26O5. The summed E-state index contributed by atoms with van der Waals surface area (Å²) in [5, 5.41) is 0. The molecular weight excluding hydrogens is 284 g/mol. The highest BCUT2D eigenvalue weighted by Gasteiger charge is 2.31. The van der Waals surface area contributed by atoms with E-state index in [-0.39, 0.29) is 19.8 Å². The molecule has 0 aromatic heterocycles. The second kappa shape index (κ2) is 14.4. The van der Waals surface area contributed by atoms with Crippen LogP contribution in [0.1, 0.15) is 0 Å². The summed E-state index contributed by atoms with van der Waals surface area (Å²) < 4.78 is 22.2. The van der Waals surface area contributed by atoms with Crippen molar-refractivity contribution in [2.45, 2.75) is 18.3 Å². The fourth-order valence-corrected chi connectivity index (χ4v) is 1.68. The quantitative estimate of drug-likeness (QED) is 0.248. The van der Waals surface area contributed by atoms with Crippen molar-refractivity contribution in [3.8, 4) is 0 Å². The molecule has 0 aliphatic carbocycles. The average molecular weight is 310 g/mol. The van der Waals surface area contributed by atoms with Gasteiger partial charge < -0.3 is 23.7 Å². The smallest absolute Gasteiger partial charge is 0.151 e. The highest BCUT2D eigenvalue weighted by molar-refractivity contribution is 5.57. The summed E-state index contributed by atoms with van der Waals surface area (Å²) in [5.74, 6) is 0. The van der Waals surface area contributed by atoms with Crippen LogP contribution in [0.3, 0.4) is 0 Å². The number of ether oxygens (including phenoxy) is 4. The Bertz CT molecular complexity index is 340. The zero-order chi connectivity index (χ0) is 16.6. The summed E-state index contributed by atoms with van der Waals surface area (Å²) in [6, 6.07) is 0. The molecule has 0 amide bonds. The lowest BCUT2D eigenvalue weighted by Crippen LogP contribution is -2.46. The Hall–Kier alpha value is -1.53. The highest BCUT2D eigenvalue weighted by atomic mass is 16.6. The largest absolute Gasteiger partial charge is 0.375 e. The second-order valence-electron chi connectivity index (χ2n) is 4.30. The Kier molecular flexibility index (Phi) is 13.4. The molecule has 0 unspecified atom stereocenters. The monoisotopic (exact) mass is 310 g/mol. The zero-order valence-corrected chi connectivity index (χ0v) is 13.0. The standard InChI is InChI=1S/C17H26O5/c1-5-9-19-14-16(21-11-7-3)17(22-12-8-4)15(13-18)20-10-6-2/h5-8,13,15-17H,1-4,9-12,14H2/t15-,16+,17-/m0/s1. The van der Waals surface area contributed by atoms with Crippen LogP contribution in [0.2, 0.25) is 0 Å². The minimum atomic E-state index is -0.792. The van der Waals surface area contributed by atoms with Crippen LogP contribution in [0.5, 0.6) is 0 Å². The normalized spacial score (nSPS) is 14.5. The molecule has 3 atom stereocenters. The van der Waals surface area contributed by atoms with Crippen LogP contribution < -0.4 is 0 Å². The molecule has 0 saturated carbocycles. The first-order chi connectivity index (χ1) is 10.7. The number of rotatable bonds is 16. The first-order valence-corrected chi connectivity index (χ1v) is 7.06. The average Bonchev–Trinajstić information content (AvgIpc) is 2.54. The lowest BCUT2D eigenvalue weighted by molar-refractivity contribution is -0.152. The van der Waals surface area contributed by atoms with Crippen molar-refractivity contribution >= 4 is 6.29 Å². The van der Waals surface area contributed by atoms with Gasteiger partial charge in [-0.1, -0.05) is 24.3 Å². The van der Waals surface area contributed by atoms with Gasteiger partial charge >= 0.3 is 0 Å². The van der Waals surface area contributed by atoms with E-state index in [1.54, 1.807) is 24.3 Å². The van der Waals surface area contributed by atoms with Gasteiger partial charge in [0.25, 0.3) is 0 Å². The van der Waals surface area contributed by atoms with Crippen molar-refractivity contribution in [1.29, 1.82) is 0 Å². The third-order valence-electron chi connectivity index (χ3n) is 2.58. The van der Waals surface area contributed by atoms with Gasteiger partial charge in [0.15, 0.2) is 6.29 Å². The van der Waals surface area contributed by atoms with Crippen LogP contribution in [0.15, 0.2) is 50.6 Å². The molecule has 0 bridgehead atoms. The summed E-state index contributed by atoms with van der Waals surface area (Å²) >= 11 is 0. The molecule has 0 fully saturated rings. The van der Waals surface area contributed by atoms with E-state index in [2.05, 4.69) is 26.3 Å². The molecule has 0 saturated heterocycles. The molecule has 0 spiro atoms. The zero-order valence-electron chi connectivity index (χ0n) is 13.0. The summed E-state index contributed by atoms with van der Waals surface area (Å²) in [5.41, 5.74) is 0.